The van der Waals surface area contributed by atoms with E-state index in [1.54, 1.807) is 41.3 Å². The summed E-state index contributed by atoms with van der Waals surface area (Å²) in [5, 5.41) is 2.16. The van der Waals surface area contributed by atoms with E-state index in [1.165, 1.54) is 0 Å². The van der Waals surface area contributed by atoms with Crippen molar-refractivity contribution < 1.29 is 28.6 Å². The molecule has 4 rings (SSSR count). The highest BCUT2D eigenvalue weighted by Gasteiger charge is 2.32. The zero-order valence-corrected chi connectivity index (χ0v) is 18.6. The molecule has 0 bridgehead atoms. The molecule has 2 aliphatic rings. The third-order valence-electron chi connectivity index (χ3n) is 4.92. The maximum absolute atomic E-state index is 12.1. The molecule has 2 saturated heterocycles. The molecule has 2 fully saturated rings. The topological polar surface area (TPSA) is 94.2 Å². The monoisotopic (exact) mass is 476 g/mol. The van der Waals surface area contributed by atoms with Gasteiger partial charge in [-0.25, -0.2) is 4.79 Å². The van der Waals surface area contributed by atoms with Crippen LogP contribution in [0, 0.1) is 0 Å². The predicted octanol–water partition coefficient (Wildman–Crippen LogP) is 3.51. The Hall–Kier alpha value is -2.91. The number of ether oxygens (including phenoxy) is 3. The molecule has 1 N–H and O–H groups in total. The lowest BCUT2D eigenvalue weighted by atomic mass is 10.1. The van der Waals surface area contributed by atoms with Crippen LogP contribution in [0.25, 0.3) is 0 Å². The minimum Gasteiger partial charge on any atom is -0.492 e. The van der Waals surface area contributed by atoms with Crippen molar-refractivity contribution in [3.8, 4) is 11.5 Å². The Labute approximate surface area is 194 Å². The fourth-order valence-electron chi connectivity index (χ4n) is 3.33. The summed E-state index contributed by atoms with van der Waals surface area (Å²) in [5.41, 5.74) is 0.936. The SMILES string of the molecule is O=C1NC(=O)C(Cc2ccc(OCCN3CC(COc4cccc(Cl)c4)OC3=O)cc2)S1. The number of halogens is 1. The quantitative estimate of drug-likeness (QED) is 0.591. The summed E-state index contributed by atoms with van der Waals surface area (Å²) < 4.78 is 16.7. The van der Waals surface area contributed by atoms with Gasteiger partial charge in [-0.3, -0.25) is 14.9 Å². The first kappa shape index (κ1) is 22.3. The van der Waals surface area contributed by atoms with Crippen LogP contribution in [0.2, 0.25) is 5.02 Å². The van der Waals surface area contributed by atoms with Gasteiger partial charge in [0.05, 0.1) is 18.3 Å². The predicted molar refractivity (Wildman–Crippen MR) is 119 cm³/mol. The largest absolute Gasteiger partial charge is 0.492 e. The molecule has 0 saturated carbocycles. The van der Waals surface area contributed by atoms with Crippen LogP contribution in [-0.4, -0.2) is 59.8 Å². The Morgan fingerprint density at radius 1 is 1.09 bits per heavy atom. The number of carbonyl (C=O) groups is 3. The molecular weight excluding hydrogens is 456 g/mol. The molecule has 2 aromatic carbocycles. The number of nitrogens with zero attached hydrogens (tertiary/aromatic N) is 1. The number of benzene rings is 2. The second-order valence-electron chi connectivity index (χ2n) is 7.30. The van der Waals surface area contributed by atoms with Gasteiger partial charge in [0.2, 0.25) is 5.91 Å². The lowest BCUT2D eigenvalue weighted by Crippen LogP contribution is -2.30. The first-order chi connectivity index (χ1) is 15.5. The number of imide groups is 1. The fourth-order valence-corrected chi connectivity index (χ4v) is 4.37. The highest BCUT2D eigenvalue weighted by atomic mass is 35.5. The van der Waals surface area contributed by atoms with Crippen LogP contribution in [0.5, 0.6) is 11.5 Å². The summed E-state index contributed by atoms with van der Waals surface area (Å²) in [7, 11) is 0. The Bertz CT molecular complexity index is 1000. The van der Waals surface area contributed by atoms with Crippen molar-refractivity contribution in [2.24, 2.45) is 0 Å². The number of carbonyl (C=O) groups excluding carboxylic acids is 3. The molecule has 32 heavy (non-hydrogen) atoms. The molecule has 0 radical (unpaired) electrons. The van der Waals surface area contributed by atoms with Gasteiger partial charge in [-0.2, -0.15) is 0 Å². The molecule has 168 valence electrons. The number of rotatable bonds is 9. The number of cyclic esters (lactones) is 1. The van der Waals surface area contributed by atoms with E-state index in [0.29, 0.717) is 42.6 Å². The third kappa shape index (κ3) is 5.86. The Balaban J connectivity index is 1.18. The van der Waals surface area contributed by atoms with Gasteiger partial charge in [0, 0.05) is 5.02 Å². The normalized spacial score (nSPS) is 20.3. The second-order valence-corrected chi connectivity index (χ2v) is 8.91. The highest BCUT2D eigenvalue weighted by Crippen LogP contribution is 2.24. The molecule has 2 unspecified atom stereocenters. The van der Waals surface area contributed by atoms with E-state index in [0.717, 1.165) is 17.3 Å². The molecular formula is C22H21ClN2O6S. The molecule has 2 heterocycles. The van der Waals surface area contributed by atoms with Gasteiger partial charge in [0.1, 0.15) is 24.7 Å². The summed E-state index contributed by atoms with van der Waals surface area (Å²) in [5.74, 6) is 1.02. The lowest BCUT2D eigenvalue weighted by molar-refractivity contribution is -0.118. The van der Waals surface area contributed by atoms with Gasteiger partial charge in [-0.1, -0.05) is 41.6 Å². The minimum absolute atomic E-state index is 0.244. The smallest absolute Gasteiger partial charge is 0.410 e. The zero-order valence-electron chi connectivity index (χ0n) is 17.0. The van der Waals surface area contributed by atoms with Crippen LogP contribution in [0.3, 0.4) is 0 Å². The Morgan fingerprint density at radius 3 is 2.62 bits per heavy atom. The Morgan fingerprint density at radius 2 is 1.91 bits per heavy atom. The van der Waals surface area contributed by atoms with Gasteiger partial charge in [0.25, 0.3) is 5.24 Å². The summed E-state index contributed by atoms with van der Waals surface area (Å²) in [6, 6.07) is 14.4. The Kier molecular flexibility index (Phi) is 7.06. The van der Waals surface area contributed by atoms with Crippen LogP contribution >= 0.6 is 23.4 Å². The lowest BCUT2D eigenvalue weighted by Gasteiger charge is -2.14. The molecule has 8 nitrogen and oxygen atoms in total. The molecule has 0 aliphatic carbocycles. The van der Waals surface area contributed by atoms with Crippen molar-refractivity contribution in [1.29, 1.82) is 0 Å². The van der Waals surface area contributed by atoms with E-state index < -0.39 is 11.3 Å². The van der Waals surface area contributed by atoms with Crippen molar-refractivity contribution in [2.75, 3.05) is 26.3 Å². The van der Waals surface area contributed by atoms with Crippen LogP contribution in [-0.2, 0) is 16.0 Å². The molecule has 10 heteroatoms. The summed E-state index contributed by atoms with van der Waals surface area (Å²) in [6.45, 7) is 1.36. The van der Waals surface area contributed by atoms with E-state index >= 15 is 0 Å². The van der Waals surface area contributed by atoms with E-state index in [1.807, 2.05) is 12.1 Å². The van der Waals surface area contributed by atoms with Gasteiger partial charge in [-0.15, -0.1) is 0 Å². The van der Waals surface area contributed by atoms with E-state index in [2.05, 4.69) is 5.32 Å². The van der Waals surface area contributed by atoms with Crippen molar-refractivity contribution in [1.82, 2.24) is 10.2 Å². The van der Waals surface area contributed by atoms with Crippen LogP contribution in [0.15, 0.2) is 48.5 Å². The van der Waals surface area contributed by atoms with Crippen molar-refractivity contribution in [3.05, 3.63) is 59.1 Å². The van der Waals surface area contributed by atoms with Gasteiger partial charge in [-0.05, 0) is 42.3 Å². The average molecular weight is 477 g/mol. The fraction of sp³-hybridized carbons (Fsp3) is 0.318. The van der Waals surface area contributed by atoms with Crippen molar-refractivity contribution in [3.63, 3.8) is 0 Å². The van der Waals surface area contributed by atoms with Crippen LogP contribution < -0.4 is 14.8 Å². The van der Waals surface area contributed by atoms with Crippen molar-refractivity contribution in [2.45, 2.75) is 17.8 Å². The van der Waals surface area contributed by atoms with Gasteiger partial charge >= 0.3 is 6.09 Å². The molecule has 0 aromatic heterocycles. The average Bonchev–Trinajstić information content (AvgIpc) is 3.28. The van der Waals surface area contributed by atoms with Gasteiger partial charge < -0.3 is 19.1 Å². The molecule has 3 amide bonds. The van der Waals surface area contributed by atoms with Crippen LogP contribution in [0.1, 0.15) is 5.56 Å². The third-order valence-corrected chi connectivity index (χ3v) is 6.14. The molecule has 2 aromatic rings. The van der Waals surface area contributed by atoms with Crippen molar-refractivity contribution >= 4 is 40.6 Å². The van der Waals surface area contributed by atoms with Gasteiger partial charge in [0.15, 0.2) is 6.10 Å². The second kappa shape index (κ2) is 10.1. The summed E-state index contributed by atoms with van der Waals surface area (Å²) >= 11 is 6.94. The van der Waals surface area contributed by atoms with E-state index in [-0.39, 0.29) is 23.9 Å². The number of amides is 3. The number of thioether (sulfide) groups is 1. The standard InChI is InChI=1S/C22H21ClN2O6S/c23-15-2-1-3-17(11-15)30-13-18-12-25(22(28)31-18)8-9-29-16-6-4-14(5-7-16)10-19-20(26)24-21(27)32-19/h1-7,11,18-19H,8-10,12-13H2,(H,24,26,27). The number of hydrogen-bond acceptors (Lipinski definition) is 7. The first-order valence-electron chi connectivity index (χ1n) is 10.0. The maximum atomic E-state index is 12.1. The summed E-state index contributed by atoms with van der Waals surface area (Å²) in [4.78, 5) is 36.6. The zero-order chi connectivity index (χ0) is 22.5. The van der Waals surface area contributed by atoms with E-state index in [9.17, 15) is 14.4 Å². The highest BCUT2D eigenvalue weighted by molar-refractivity contribution is 8.15. The van der Waals surface area contributed by atoms with E-state index in [4.69, 9.17) is 25.8 Å². The molecule has 2 aliphatic heterocycles. The minimum atomic E-state index is -0.398. The number of nitrogens with one attached hydrogen (secondary N) is 1. The summed E-state index contributed by atoms with van der Waals surface area (Å²) in [6.07, 6.45) is -0.287. The first-order valence-corrected chi connectivity index (χ1v) is 11.3. The van der Waals surface area contributed by atoms with Crippen LogP contribution in [0.4, 0.5) is 9.59 Å². The molecule has 2 atom stereocenters. The number of hydrogen-bond donors (Lipinski definition) is 1. The maximum Gasteiger partial charge on any atom is 0.410 e. The molecule has 0 spiro atoms.